The Kier molecular flexibility index (Phi) is 3.68. The molecule has 0 saturated carbocycles. The molecule has 3 rings (SSSR count). The molecular formula is C14H19N3OS. The van der Waals surface area contributed by atoms with Crippen molar-refractivity contribution in [3.05, 3.63) is 39.8 Å². The molecule has 1 aliphatic rings. The van der Waals surface area contributed by atoms with E-state index in [2.05, 4.69) is 33.0 Å². The van der Waals surface area contributed by atoms with Gasteiger partial charge in [0.1, 0.15) is 0 Å². The highest BCUT2D eigenvalue weighted by Gasteiger charge is 2.27. The highest BCUT2D eigenvalue weighted by atomic mass is 32.1. The zero-order valence-electron chi connectivity index (χ0n) is 11.4. The molecule has 5 heteroatoms. The van der Waals surface area contributed by atoms with Gasteiger partial charge in [-0.15, -0.1) is 0 Å². The molecule has 3 heterocycles. The van der Waals surface area contributed by atoms with E-state index in [1.807, 2.05) is 11.7 Å². The summed E-state index contributed by atoms with van der Waals surface area (Å²) in [6.07, 6.45) is 2.14. The van der Waals surface area contributed by atoms with Gasteiger partial charge in [0.25, 0.3) is 0 Å². The van der Waals surface area contributed by atoms with Crippen LogP contribution in [0.2, 0.25) is 0 Å². The molecule has 0 bridgehead atoms. The van der Waals surface area contributed by atoms with Crippen molar-refractivity contribution in [2.75, 3.05) is 20.3 Å². The third-order valence-corrected chi connectivity index (χ3v) is 4.32. The molecule has 1 unspecified atom stereocenters. The number of hydrogen-bond acceptors (Lipinski definition) is 4. The van der Waals surface area contributed by atoms with E-state index in [1.54, 1.807) is 18.4 Å². The fraction of sp³-hybridized carbons (Fsp3) is 0.500. The molecule has 0 fully saturated rings. The Morgan fingerprint density at radius 3 is 3.16 bits per heavy atom. The second kappa shape index (κ2) is 5.45. The van der Waals surface area contributed by atoms with Gasteiger partial charge in [0.05, 0.1) is 12.3 Å². The first-order valence-electron chi connectivity index (χ1n) is 6.51. The third kappa shape index (κ3) is 2.73. The van der Waals surface area contributed by atoms with E-state index in [9.17, 15) is 0 Å². The maximum atomic E-state index is 5.37. The van der Waals surface area contributed by atoms with Crippen LogP contribution in [0.15, 0.2) is 23.0 Å². The predicted octanol–water partition coefficient (Wildman–Crippen LogP) is 2.23. The second-order valence-electron chi connectivity index (χ2n) is 5.16. The summed E-state index contributed by atoms with van der Waals surface area (Å²) in [5, 5.41) is 8.94. The summed E-state index contributed by atoms with van der Waals surface area (Å²) in [6, 6.07) is 2.20. The number of methoxy groups -OCH3 is 1. The summed E-state index contributed by atoms with van der Waals surface area (Å²) in [6.45, 7) is 3.74. The number of ether oxygens (including phenoxy) is 1. The van der Waals surface area contributed by atoms with Crippen molar-refractivity contribution >= 4 is 11.3 Å². The van der Waals surface area contributed by atoms with Gasteiger partial charge in [0.15, 0.2) is 0 Å². The van der Waals surface area contributed by atoms with Crippen LogP contribution in [0.5, 0.6) is 0 Å². The Hall–Kier alpha value is -1.17. The number of hydrogen-bond donors (Lipinski definition) is 0. The van der Waals surface area contributed by atoms with Crippen LogP contribution < -0.4 is 0 Å². The summed E-state index contributed by atoms with van der Waals surface area (Å²) >= 11 is 1.76. The molecule has 2 aromatic heterocycles. The Morgan fingerprint density at radius 1 is 1.53 bits per heavy atom. The normalized spacial score (nSPS) is 19.6. The summed E-state index contributed by atoms with van der Waals surface area (Å²) in [7, 11) is 3.76. The van der Waals surface area contributed by atoms with Gasteiger partial charge >= 0.3 is 0 Å². The molecule has 0 amide bonds. The van der Waals surface area contributed by atoms with Crippen molar-refractivity contribution in [1.82, 2.24) is 14.7 Å². The van der Waals surface area contributed by atoms with Crippen molar-refractivity contribution < 1.29 is 4.74 Å². The zero-order valence-corrected chi connectivity index (χ0v) is 12.2. The van der Waals surface area contributed by atoms with Gasteiger partial charge in [-0.05, 0) is 22.4 Å². The van der Waals surface area contributed by atoms with E-state index in [-0.39, 0.29) is 0 Å². The van der Waals surface area contributed by atoms with Crippen LogP contribution in [0, 0.1) is 0 Å². The minimum absolute atomic E-state index is 0.432. The molecule has 0 saturated heterocycles. The molecule has 0 N–H and O–H groups in total. The first-order chi connectivity index (χ1) is 9.26. The lowest BCUT2D eigenvalue weighted by molar-refractivity contribution is 0.135. The molecule has 1 aliphatic heterocycles. The highest BCUT2D eigenvalue weighted by molar-refractivity contribution is 7.07. The lowest BCUT2D eigenvalue weighted by Gasteiger charge is -2.31. The molecule has 19 heavy (non-hydrogen) atoms. The van der Waals surface area contributed by atoms with Crippen LogP contribution in [0.1, 0.15) is 22.7 Å². The summed E-state index contributed by atoms with van der Waals surface area (Å²) in [5.41, 5.74) is 3.94. The Bertz CT molecular complexity index is 535. The summed E-state index contributed by atoms with van der Waals surface area (Å²) < 4.78 is 7.29. The van der Waals surface area contributed by atoms with Crippen LogP contribution >= 0.6 is 11.3 Å². The van der Waals surface area contributed by atoms with Crippen molar-refractivity contribution in [2.24, 2.45) is 7.05 Å². The summed E-state index contributed by atoms with van der Waals surface area (Å²) in [5.74, 6) is 0.432. The number of nitrogens with zero attached hydrogens (tertiary/aromatic N) is 3. The highest BCUT2D eigenvalue weighted by Crippen LogP contribution is 2.28. The van der Waals surface area contributed by atoms with Gasteiger partial charge in [0, 0.05) is 51.5 Å². The maximum absolute atomic E-state index is 5.37. The van der Waals surface area contributed by atoms with E-state index in [0.29, 0.717) is 5.92 Å². The average molecular weight is 277 g/mol. The quantitative estimate of drug-likeness (QED) is 0.858. The number of aryl methyl sites for hydroxylation is 1. The largest absolute Gasteiger partial charge is 0.384 e. The van der Waals surface area contributed by atoms with Crippen molar-refractivity contribution in [3.8, 4) is 0 Å². The molecular weight excluding hydrogens is 258 g/mol. The fourth-order valence-electron chi connectivity index (χ4n) is 2.81. The molecule has 1 atom stereocenters. The van der Waals surface area contributed by atoms with E-state index >= 15 is 0 Å². The van der Waals surface area contributed by atoms with Crippen LogP contribution in [0.4, 0.5) is 0 Å². The first-order valence-corrected chi connectivity index (χ1v) is 7.45. The lowest BCUT2D eigenvalue weighted by atomic mass is 9.95. The molecule has 102 valence electrons. The van der Waals surface area contributed by atoms with Crippen molar-refractivity contribution in [1.29, 1.82) is 0 Å². The number of rotatable bonds is 4. The molecule has 2 aromatic rings. The van der Waals surface area contributed by atoms with Crippen molar-refractivity contribution in [3.63, 3.8) is 0 Å². The van der Waals surface area contributed by atoms with Gasteiger partial charge in [-0.2, -0.15) is 16.4 Å². The first kappa shape index (κ1) is 12.8. The van der Waals surface area contributed by atoms with E-state index in [1.165, 1.54) is 16.8 Å². The molecule has 0 aliphatic carbocycles. The van der Waals surface area contributed by atoms with Gasteiger partial charge in [-0.3, -0.25) is 9.58 Å². The summed E-state index contributed by atoms with van der Waals surface area (Å²) in [4.78, 5) is 2.46. The fourth-order valence-corrected chi connectivity index (χ4v) is 3.47. The van der Waals surface area contributed by atoms with Gasteiger partial charge in [-0.25, -0.2) is 0 Å². The smallest absolute Gasteiger partial charge is 0.0800 e. The molecule has 0 spiro atoms. The van der Waals surface area contributed by atoms with Crippen molar-refractivity contribution in [2.45, 2.75) is 19.0 Å². The maximum Gasteiger partial charge on any atom is 0.0800 e. The van der Waals surface area contributed by atoms with Gasteiger partial charge in [-0.1, -0.05) is 0 Å². The SMILES string of the molecule is COCC1CN(Cc2ccsc2)Cc2nn(C)cc21. The van der Waals surface area contributed by atoms with E-state index in [4.69, 9.17) is 4.74 Å². The minimum atomic E-state index is 0.432. The Morgan fingerprint density at radius 2 is 2.42 bits per heavy atom. The lowest BCUT2D eigenvalue weighted by Crippen LogP contribution is -2.34. The van der Waals surface area contributed by atoms with Crippen LogP contribution in [0.3, 0.4) is 0 Å². The number of fused-ring (bicyclic) bond motifs is 1. The minimum Gasteiger partial charge on any atom is -0.384 e. The second-order valence-corrected chi connectivity index (χ2v) is 5.94. The topological polar surface area (TPSA) is 30.3 Å². The average Bonchev–Trinajstić information content (AvgIpc) is 2.98. The van der Waals surface area contributed by atoms with E-state index < -0.39 is 0 Å². The molecule has 4 nitrogen and oxygen atoms in total. The molecule has 0 radical (unpaired) electrons. The number of aromatic nitrogens is 2. The van der Waals surface area contributed by atoms with Crippen LogP contribution in [-0.2, 0) is 24.9 Å². The standard InChI is InChI=1S/C14H19N3OS/c1-16-7-13-12(9-18-2)6-17(8-14(13)15-16)5-11-3-4-19-10-11/h3-4,7,10,12H,5-6,8-9H2,1-2H3. The van der Waals surface area contributed by atoms with Gasteiger partial charge in [0.2, 0.25) is 0 Å². The Balaban J connectivity index is 1.79. The van der Waals surface area contributed by atoms with E-state index in [0.717, 1.165) is 26.2 Å². The van der Waals surface area contributed by atoms with Gasteiger partial charge < -0.3 is 4.74 Å². The zero-order chi connectivity index (χ0) is 13.2. The molecule has 0 aromatic carbocycles. The van der Waals surface area contributed by atoms with Crippen LogP contribution in [-0.4, -0.2) is 34.9 Å². The number of thiophene rings is 1. The monoisotopic (exact) mass is 277 g/mol. The predicted molar refractivity (Wildman–Crippen MR) is 76.3 cm³/mol. The third-order valence-electron chi connectivity index (χ3n) is 3.58. The Labute approximate surface area is 117 Å². The van der Waals surface area contributed by atoms with Crippen LogP contribution in [0.25, 0.3) is 0 Å².